The lowest BCUT2D eigenvalue weighted by Gasteiger charge is -2.08. The van der Waals surface area contributed by atoms with Crippen LogP contribution in [0.15, 0.2) is 85.3 Å². The van der Waals surface area contributed by atoms with E-state index < -0.39 is 6.09 Å². The lowest BCUT2D eigenvalue weighted by atomic mass is 10.2. The molecule has 0 atom stereocenters. The fraction of sp³-hybridized carbons (Fsp3) is 0.0909. The van der Waals surface area contributed by atoms with E-state index >= 15 is 0 Å². The number of hydrogen-bond acceptors (Lipinski definition) is 3. The van der Waals surface area contributed by atoms with Gasteiger partial charge in [-0.05, 0) is 47.5 Å². The molecule has 0 fully saturated rings. The molecule has 2 aromatic carbocycles. The van der Waals surface area contributed by atoms with Crippen molar-refractivity contribution in [2.75, 3.05) is 0 Å². The predicted molar refractivity (Wildman–Crippen MR) is 105 cm³/mol. The molecule has 0 bridgehead atoms. The zero-order chi connectivity index (χ0) is 18.5. The summed E-state index contributed by atoms with van der Waals surface area (Å²) in [4.78, 5) is 16.1. The molecule has 1 amide bonds. The fourth-order valence-electron chi connectivity index (χ4n) is 2.98. The maximum atomic E-state index is 12.0. The summed E-state index contributed by atoms with van der Waals surface area (Å²) in [6, 6.07) is 21.4. The van der Waals surface area contributed by atoms with Crippen LogP contribution in [0.1, 0.15) is 11.1 Å². The van der Waals surface area contributed by atoms with Crippen LogP contribution < -0.4 is 10.1 Å². The van der Waals surface area contributed by atoms with Gasteiger partial charge in [-0.1, -0.05) is 30.3 Å². The van der Waals surface area contributed by atoms with Crippen molar-refractivity contribution in [2.24, 2.45) is 0 Å². The number of amides is 1. The molecule has 2 heterocycles. The van der Waals surface area contributed by atoms with E-state index in [1.165, 1.54) is 5.56 Å². The summed E-state index contributed by atoms with van der Waals surface area (Å²) < 4.78 is 7.56. The number of rotatable bonds is 5. The number of hydrogen-bond donors (Lipinski definition) is 1. The van der Waals surface area contributed by atoms with E-state index in [9.17, 15) is 4.79 Å². The molecule has 5 nitrogen and oxygen atoms in total. The monoisotopic (exact) mass is 357 g/mol. The molecule has 134 valence electrons. The quantitative estimate of drug-likeness (QED) is 0.577. The Bertz CT molecular complexity index is 1040. The molecule has 0 spiro atoms. The molecular weight excluding hydrogens is 338 g/mol. The largest absolute Gasteiger partial charge is 0.412 e. The van der Waals surface area contributed by atoms with Gasteiger partial charge in [0.25, 0.3) is 0 Å². The van der Waals surface area contributed by atoms with Crippen molar-refractivity contribution in [2.45, 2.75) is 13.1 Å². The Morgan fingerprint density at radius 3 is 2.59 bits per heavy atom. The Balaban J connectivity index is 1.42. The van der Waals surface area contributed by atoms with Gasteiger partial charge in [0.2, 0.25) is 0 Å². The van der Waals surface area contributed by atoms with E-state index in [1.807, 2.05) is 72.9 Å². The van der Waals surface area contributed by atoms with Crippen LogP contribution in [0, 0.1) is 0 Å². The molecule has 5 heteroatoms. The highest BCUT2D eigenvalue weighted by Crippen LogP contribution is 2.23. The van der Waals surface area contributed by atoms with Gasteiger partial charge in [-0.3, -0.25) is 4.98 Å². The molecule has 0 saturated heterocycles. The molecule has 0 aliphatic heterocycles. The van der Waals surface area contributed by atoms with Gasteiger partial charge in [-0.15, -0.1) is 0 Å². The third-order valence-corrected chi connectivity index (χ3v) is 4.33. The van der Waals surface area contributed by atoms with Crippen LogP contribution in [0.3, 0.4) is 0 Å². The van der Waals surface area contributed by atoms with Crippen molar-refractivity contribution in [3.05, 3.63) is 96.4 Å². The van der Waals surface area contributed by atoms with Gasteiger partial charge in [-0.2, -0.15) is 0 Å². The van der Waals surface area contributed by atoms with E-state index in [2.05, 4.69) is 14.9 Å². The topological polar surface area (TPSA) is 56.1 Å². The molecule has 0 saturated carbocycles. The van der Waals surface area contributed by atoms with Crippen LogP contribution in [0.5, 0.6) is 5.75 Å². The molecule has 1 N–H and O–H groups in total. The summed E-state index contributed by atoms with van der Waals surface area (Å²) in [5.41, 5.74) is 3.30. The molecule has 0 radical (unpaired) electrons. The maximum Gasteiger partial charge on any atom is 0.412 e. The molecule has 4 rings (SSSR count). The van der Waals surface area contributed by atoms with Gasteiger partial charge in [0, 0.05) is 42.6 Å². The first-order chi connectivity index (χ1) is 13.3. The highest BCUT2D eigenvalue weighted by molar-refractivity contribution is 5.83. The first-order valence-corrected chi connectivity index (χ1v) is 8.75. The van der Waals surface area contributed by atoms with Crippen LogP contribution in [0.25, 0.3) is 10.9 Å². The van der Waals surface area contributed by atoms with Crippen LogP contribution >= 0.6 is 0 Å². The predicted octanol–water partition coefficient (Wildman–Crippen LogP) is 4.37. The Morgan fingerprint density at radius 2 is 1.78 bits per heavy atom. The van der Waals surface area contributed by atoms with E-state index in [1.54, 1.807) is 12.4 Å². The van der Waals surface area contributed by atoms with Gasteiger partial charge >= 0.3 is 6.09 Å². The average molecular weight is 357 g/mol. The van der Waals surface area contributed by atoms with Gasteiger partial charge in [0.15, 0.2) is 0 Å². The minimum Gasteiger partial charge on any atom is -0.410 e. The lowest BCUT2D eigenvalue weighted by Crippen LogP contribution is -2.26. The number of pyridine rings is 1. The van der Waals surface area contributed by atoms with Crippen LogP contribution in [0.2, 0.25) is 0 Å². The number of nitrogens with one attached hydrogen (secondary N) is 1. The van der Waals surface area contributed by atoms with Crippen molar-refractivity contribution in [3.8, 4) is 5.75 Å². The Labute approximate surface area is 157 Å². The van der Waals surface area contributed by atoms with Crippen molar-refractivity contribution >= 4 is 17.0 Å². The lowest BCUT2D eigenvalue weighted by molar-refractivity contribution is 0.200. The smallest absolute Gasteiger partial charge is 0.410 e. The summed E-state index contributed by atoms with van der Waals surface area (Å²) >= 11 is 0. The van der Waals surface area contributed by atoms with Gasteiger partial charge in [0.1, 0.15) is 5.75 Å². The standard InChI is InChI=1S/C22H19N3O2/c26-22(24-15-17-4-2-1-3-5-17)27-20-6-7-21-19(14-20)10-13-25(21)16-18-8-11-23-12-9-18/h1-14H,15-16H2,(H,24,26). The number of benzene rings is 2. The molecule has 4 aromatic rings. The molecule has 0 unspecified atom stereocenters. The number of ether oxygens (including phenoxy) is 1. The number of carbonyl (C=O) groups excluding carboxylic acids is 1. The summed E-state index contributed by atoms with van der Waals surface area (Å²) in [5, 5.41) is 3.79. The van der Waals surface area contributed by atoms with Crippen molar-refractivity contribution in [1.29, 1.82) is 0 Å². The second-order valence-electron chi connectivity index (χ2n) is 6.25. The molecule has 27 heavy (non-hydrogen) atoms. The zero-order valence-electron chi connectivity index (χ0n) is 14.7. The summed E-state index contributed by atoms with van der Waals surface area (Å²) in [7, 11) is 0. The minimum absolute atomic E-state index is 0.435. The van der Waals surface area contributed by atoms with E-state index in [4.69, 9.17) is 4.74 Å². The van der Waals surface area contributed by atoms with Crippen molar-refractivity contribution in [3.63, 3.8) is 0 Å². The zero-order valence-corrected chi connectivity index (χ0v) is 14.7. The van der Waals surface area contributed by atoms with E-state index in [-0.39, 0.29) is 0 Å². The van der Waals surface area contributed by atoms with E-state index in [0.29, 0.717) is 12.3 Å². The second kappa shape index (κ2) is 7.74. The normalized spacial score (nSPS) is 10.7. The van der Waals surface area contributed by atoms with Gasteiger partial charge < -0.3 is 14.6 Å². The van der Waals surface area contributed by atoms with Crippen LogP contribution in [-0.4, -0.2) is 15.6 Å². The third-order valence-electron chi connectivity index (χ3n) is 4.33. The first-order valence-electron chi connectivity index (χ1n) is 8.75. The van der Waals surface area contributed by atoms with Crippen molar-refractivity contribution in [1.82, 2.24) is 14.9 Å². The van der Waals surface area contributed by atoms with Crippen LogP contribution in [0.4, 0.5) is 4.79 Å². The number of nitrogens with zero attached hydrogens (tertiary/aromatic N) is 2. The summed E-state index contributed by atoms with van der Waals surface area (Å²) in [5.74, 6) is 0.523. The maximum absolute atomic E-state index is 12.0. The van der Waals surface area contributed by atoms with Gasteiger partial charge in [0.05, 0.1) is 0 Å². The number of aromatic nitrogens is 2. The average Bonchev–Trinajstić information content (AvgIpc) is 3.10. The number of fused-ring (bicyclic) bond motifs is 1. The Kier molecular flexibility index (Phi) is 4.83. The van der Waals surface area contributed by atoms with Crippen molar-refractivity contribution < 1.29 is 9.53 Å². The minimum atomic E-state index is -0.463. The Morgan fingerprint density at radius 1 is 0.963 bits per heavy atom. The fourth-order valence-corrected chi connectivity index (χ4v) is 2.98. The van der Waals surface area contributed by atoms with E-state index in [0.717, 1.165) is 23.0 Å². The highest BCUT2D eigenvalue weighted by atomic mass is 16.6. The Hall–Kier alpha value is -3.60. The number of carbonyl (C=O) groups is 1. The summed E-state index contributed by atoms with van der Waals surface area (Å²) in [6.07, 6.45) is 5.15. The summed E-state index contributed by atoms with van der Waals surface area (Å²) in [6.45, 7) is 1.20. The molecule has 2 aromatic heterocycles. The second-order valence-corrected chi connectivity index (χ2v) is 6.25. The van der Waals surface area contributed by atoms with Gasteiger partial charge in [-0.25, -0.2) is 4.79 Å². The van der Waals surface area contributed by atoms with Crippen LogP contribution in [-0.2, 0) is 13.1 Å². The SMILES string of the molecule is O=C(NCc1ccccc1)Oc1ccc2c(ccn2Cc2ccncc2)c1. The molecule has 0 aliphatic carbocycles. The third kappa shape index (κ3) is 4.15. The highest BCUT2D eigenvalue weighted by Gasteiger charge is 2.07. The first kappa shape index (κ1) is 16.8. The molecular formula is C22H19N3O2. The molecule has 0 aliphatic rings.